The highest BCUT2D eigenvalue weighted by Gasteiger charge is 2.14. The van der Waals surface area contributed by atoms with Gasteiger partial charge in [0.1, 0.15) is 0 Å². The van der Waals surface area contributed by atoms with Gasteiger partial charge in [-0.1, -0.05) is 39.0 Å². The van der Waals surface area contributed by atoms with Gasteiger partial charge < -0.3 is 4.46 Å². The van der Waals surface area contributed by atoms with Gasteiger partial charge in [0, 0.05) is 5.56 Å². The van der Waals surface area contributed by atoms with Gasteiger partial charge >= 0.3 is 0 Å². The molecule has 0 N–H and O–H groups in total. The van der Waals surface area contributed by atoms with Gasteiger partial charge in [-0.05, 0) is 41.7 Å². The van der Waals surface area contributed by atoms with E-state index in [0.29, 0.717) is 5.56 Å². The fourth-order valence-corrected chi connectivity index (χ4v) is 1.23. The van der Waals surface area contributed by atoms with Crippen molar-refractivity contribution < 1.29 is 9.26 Å². The Hall–Kier alpha value is -0.803. The van der Waals surface area contributed by atoms with Crippen LogP contribution in [0.25, 0.3) is 0 Å². The van der Waals surface area contributed by atoms with Crippen molar-refractivity contribution in [1.29, 1.82) is 0 Å². The van der Waals surface area contributed by atoms with E-state index in [1.165, 1.54) is 0 Å². The van der Waals surface area contributed by atoms with Gasteiger partial charge in [-0.3, -0.25) is 4.79 Å². The first-order chi connectivity index (χ1) is 7.64. The molecule has 1 aromatic rings. The second kappa shape index (κ2) is 6.82. The van der Waals surface area contributed by atoms with Crippen molar-refractivity contribution in [2.45, 2.75) is 39.3 Å². The molecule has 0 heterocycles. The molecule has 17 heavy (non-hydrogen) atoms. The second-order valence-electron chi connectivity index (χ2n) is 5.01. The summed E-state index contributed by atoms with van der Waals surface area (Å²) in [5.41, 5.74) is 1.75. The maximum absolute atomic E-state index is 10.9. The maximum atomic E-state index is 10.9. The smallest absolute Gasteiger partial charge is 0.270 e. The monoisotopic (exact) mass is 270 g/mol. The van der Waals surface area contributed by atoms with Crippen molar-refractivity contribution in [2.24, 2.45) is 0 Å². The lowest BCUT2D eigenvalue weighted by atomic mass is 9.86. The minimum atomic E-state index is -1.13. The van der Waals surface area contributed by atoms with E-state index in [4.69, 9.17) is 11.6 Å². The number of hydrogen-bond donors (Lipinski definition) is 0. The summed E-state index contributed by atoms with van der Waals surface area (Å²) < 4.78 is 9.63. The first-order valence-electron chi connectivity index (χ1n) is 5.42. The van der Waals surface area contributed by atoms with Crippen LogP contribution in [0.5, 0.6) is 0 Å². The van der Waals surface area contributed by atoms with Crippen molar-refractivity contribution >= 4 is 25.5 Å². The Kier molecular flexibility index (Phi) is 6.49. The van der Waals surface area contributed by atoms with Crippen LogP contribution >= 0.6 is 11.6 Å². The average molecular weight is 271 g/mol. The Balaban J connectivity index is 0.000000557. The van der Waals surface area contributed by atoms with E-state index < -0.39 is 13.9 Å². The van der Waals surface area contributed by atoms with Crippen LogP contribution in [0.2, 0.25) is 13.1 Å². The summed E-state index contributed by atoms with van der Waals surface area (Å²) in [6.45, 7) is 9.73. The normalized spacial score (nSPS) is 10.2. The second-order valence-corrected chi connectivity index (χ2v) is 7.17. The number of carbonyl (C=O) groups excluding carboxylic acids is 1. The summed E-state index contributed by atoms with van der Waals surface area (Å²) in [6, 6.07) is 7.43. The van der Waals surface area contributed by atoms with E-state index in [0.717, 1.165) is 5.56 Å². The lowest BCUT2D eigenvalue weighted by Crippen LogP contribution is -2.11. The maximum Gasteiger partial charge on any atom is 0.270 e. The van der Waals surface area contributed by atoms with Gasteiger partial charge in [-0.25, -0.2) is 0 Å². The summed E-state index contributed by atoms with van der Waals surface area (Å²) in [6.07, 6.45) is 0. The van der Waals surface area contributed by atoms with Crippen molar-refractivity contribution in [3.05, 3.63) is 35.4 Å². The van der Waals surface area contributed by atoms with Crippen LogP contribution in [0, 0.1) is 0 Å². The van der Waals surface area contributed by atoms with Gasteiger partial charge in [-0.2, -0.15) is 0 Å². The van der Waals surface area contributed by atoms with E-state index >= 15 is 0 Å². The lowest BCUT2D eigenvalue weighted by molar-refractivity contribution is 0.108. The van der Waals surface area contributed by atoms with Crippen LogP contribution in [-0.4, -0.2) is 13.9 Å². The van der Waals surface area contributed by atoms with Crippen molar-refractivity contribution in [1.82, 2.24) is 0 Å². The predicted molar refractivity (Wildman–Crippen MR) is 73.5 cm³/mol. The molecule has 0 saturated heterocycles. The van der Waals surface area contributed by atoms with Crippen molar-refractivity contribution in [3.8, 4) is 0 Å². The van der Waals surface area contributed by atoms with E-state index in [9.17, 15) is 9.26 Å². The van der Waals surface area contributed by atoms with Crippen molar-refractivity contribution in [3.63, 3.8) is 0 Å². The van der Waals surface area contributed by atoms with E-state index in [1.807, 2.05) is 18.2 Å². The van der Waals surface area contributed by atoms with Crippen molar-refractivity contribution in [2.75, 3.05) is 0 Å². The zero-order valence-corrected chi connectivity index (χ0v) is 12.8. The summed E-state index contributed by atoms with van der Waals surface area (Å²) in [7, 11) is -1.13. The minimum absolute atomic E-state index is 0.0579. The minimum Gasteiger partial charge on any atom is -0.389 e. The highest BCUT2D eigenvalue weighted by molar-refractivity contribution is 6.67. The zero-order chi connectivity index (χ0) is 13.6. The standard InChI is InChI=1S/C11H13ClO.C2H6OSi/c1-11(2,3)9-6-4-5-8(7-9)10(12)13;1-4(2)3/h4-7H,1-3H3;1-2H3. The first-order valence-corrected chi connectivity index (χ1v) is 8.20. The Bertz CT molecular complexity index is 404. The number of halogens is 1. The molecule has 0 saturated carbocycles. The van der Waals surface area contributed by atoms with Crippen LogP contribution < -0.4 is 0 Å². The van der Waals surface area contributed by atoms with Crippen LogP contribution in [-0.2, 0) is 9.88 Å². The number of benzene rings is 1. The summed E-state index contributed by atoms with van der Waals surface area (Å²) in [5, 5.41) is -0.397. The van der Waals surface area contributed by atoms with Crippen LogP contribution in [0.1, 0.15) is 36.7 Å². The molecule has 1 aromatic carbocycles. The molecule has 0 bridgehead atoms. The lowest BCUT2D eigenvalue weighted by Gasteiger charge is -2.19. The molecule has 0 aliphatic carbocycles. The predicted octanol–water partition coefficient (Wildman–Crippen LogP) is 4.03. The molecule has 0 unspecified atom stereocenters. The molecule has 0 spiro atoms. The van der Waals surface area contributed by atoms with E-state index in [1.54, 1.807) is 19.2 Å². The molecule has 0 aliphatic heterocycles. The highest BCUT2D eigenvalue weighted by atomic mass is 35.5. The molecular weight excluding hydrogens is 252 g/mol. The molecule has 0 radical (unpaired) electrons. The van der Waals surface area contributed by atoms with Gasteiger partial charge in [-0.15, -0.1) is 0 Å². The number of hydrogen-bond acceptors (Lipinski definition) is 2. The molecule has 2 nitrogen and oxygen atoms in total. The number of rotatable bonds is 1. The molecule has 0 aromatic heterocycles. The largest absolute Gasteiger partial charge is 0.389 e. The molecular formula is C13H19ClO2Si. The molecule has 1 rings (SSSR count). The van der Waals surface area contributed by atoms with Gasteiger partial charge in [0.05, 0.1) is 0 Å². The zero-order valence-electron chi connectivity index (χ0n) is 11.0. The van der Waals surface area contributed by atoms with Crippen LogP contribution in [0.15, 0.2) is 24.3 Å². The summed E-state index contributed by atoms with van der Waals surface area (Å²) in [4.78, 5) is 10.9. The third-order valence-corrected chi connectivity index (χ3v) is 2.17. The topological polar surface area (TPSA) is 34.1 Å². The molecule has 0 aliphatic rings. The van der Waals surface area contributed by atoms with Crippen LogP contribution in [0.3, 0.4) is 0 Å². The van der Waals surface area contributed by atoms with Gasteiger partial charge in [0.2, 0.25) is 0 Å². The fourth-order valence-electron chi connectivity index (χ4n) is 1.11. The quantitative estimate of drug-likeness (QED) is 0.570. The Morgan fingerprint density at radius 3 is 2.06 bits per heavy atom. The average Bonchev–Trinajstić information content (AvgIpc) is 2.15. The van der Waals surface area contributed by atoms with Gasteiger partial charge in [0.25, 0.3) is 13.9 Å². The molecule has 0 atom stereocenters. The Morgan fingerprint density at radius 2 is 1.71 bits per heavy atom. The summed E-state index contributed by atoms with van der Waals surface area (Å²) >= 11 is 5.39. The molecule has 94 valence electrons. The molecule has 0 amide bonds. The van der Waals surface area contributed by atoms with E-state index in [-0.39, 0.29) is 5.41 Å². The fraction of sp³-hybridized carbons (Fsp3) is 0.462. The van der Waals surface area contributed by atoms with E-state index in [2.05, 4.69) is 20.8 Å². The summed E-state index contributed by atoms with van der Waals surface area (Å²) in [5.74, 6) is 0. The Morgan fingerprint density at radius 1 is 1.24 bits per heavy atom. The van der Waals surface area contributed by atoms with Crippen LogP contribution in [0.4, 0.5) is 0 Å². The third kappa shape index (κ3) is 7.18. The molecule has 4 heteroatoms. The molecule has 0 fully saturated rings. The third-order valence-electron chi connectivity index (χ3n) is 1.96. The number of carbonyl (C=O) groups is 1. The SMILES string of the molecule is CC(C)(C)c1cccc(C(=O)Cl)c1.C[Si](C)=O. The first kappa shape index (κ1) is 16.2. The van der Waals surface area contributed by atoms with Gasteiger partial charge in [0.15, 0.2) is 0 Å². The Labute approximate surface area is 110 Å². The highest BCUT2D eigenvalue weighted by Crippen LogP contribution is 2.23.